The highest BCUT2D eigenvalue weighted by atomic mass is 16.6. The van der Waals surface area contributed by atoms with Gasteiger partial charge < -0.3 is 24.2 Å². The average Bonchev–Trinajstić information content (AvgIpc) is 2.74. The standard InChI is InChI=1S/C25H31NO6/c1-15(27)20-22(24(29)32-25(2,3)4)26(23(20)28)21(16-7-11-18(30-5)12-8-16)17-9-13-19(31-6)14-10-17/h7-15,20-22,27H,1-6H3/t15?,20-,22+/m0/s1. The highest BCUT2D eigenvalue weighted by Gasteiger charge is 2.57. The van der Waals surface area contributed by atoms with Gasteiger partial charge >= 0.3 is 5.97 Å². The zero-order chi connectivity index (χ0) is 23.6. The normalized spacial score (nSPS) is 19.4. The fraction of sp³-hybridized carbons (Fsp3) is 0.440. The molecule has 1 saturated heterocycles. The molecule has 1 heterocycles. The van der Waals surface area contributed by atoms with Gasteiger partial charge in [0.1, 0.15) is 23.1 Å². The van der Waals surface area contributed by atoms with Crippen LogP contribution in [0.25, 0.3) is 0 Å². The first kappa shape index (κ1) is 23.6. The summed E-state index contributed by atoms with van der Waals surface area (Å²) in [4.78, 5) is 27.8. The predicted molar refractivity (Wildman–Crippen MR) is 119 cm³/mol. The second-order valence-corrected chi connectivity index (χ2v) is 8.94. The molecular formula is C25H31NO6. The van der Waals surface area contributed by atoms with Gasteiger partial charge in [-0.15, -0.1) is 0 Å². The summed E-state index contributed by atoms with van der Waals surface area (Å²) in [6.45, 7) is 6.85. The van der Waals surface area contributed by atoms with Crippen molar-refractivity contribution in [2.45, 2.75) is 51.5 Å². The number of hydrogen-bond acceptors (Lipinski definition) is 6. The molecule has 2 aromatic rings. The van der Waals surface area contributed by atoms with E-state index < -0.39 is 35.7 Å². The number of nitrogens with zero attached hydrogens (tertiary/aromatic N) is 1. The van der Waals surface area contributed by atoms with Crippen molar-refractivity contribution >= 4 is 11.9 Å². The molecular weight excluding hydrogens is 410 g/mol. The molecule has 0 radical (unpaired) electrons. The number of methoxy groups -OCH3 is 2. The maximum Gasteiger partial charge on any atom is 0.330 e. The number of aliphatic hydroxyl groups is 1. The Bertz CT molecular complexity index is 898. The summed E-state index contributed by atoms with van der Waals surface area (Å²) >= 11 is 0. The number of carbonyl (C=O) groups excluding carboxylic acids is 2. The van der Waals surface area contributed by atoms with Crippen LogP contribution in [-0.4, -0.2) is 53.8 Å². The number of β-lactam (4-membered cyclic amide) rings is 1. The molecule has 172 valence electrons. The van der Waals surface area contributed by atoms with Gasteiger partial charge in [0.2, 0.25) is 5.91 Å². The SMILES string of the molecule is COc1ccc(C(c2ccc(OC)cc2)N2C(=O)[C@@H](C(C)O)[C@@H]2C(=O)OC(C)(C)C)cc1. The molecule has 1 aliphatic rings. The van der Waals surface area contributed by atoms with Gasteiger partial charge in [-0.25, -0.2) is 4.79 Å². The van der Waals surface area contributed by atoms with Crippen LogP contribution in [0.1, 0.15) is 44.9 Å². The lowest BCUT2D eigenvalue weighted by molar-refractivity contribution is -0.189. The summed E-state index contributed by atoms with van der Waals surface area (Å²) in [6.07, 6.45) is -0.983. The molecule has 7 heteroatoms. The van der Waals surface area contributed by atoms with Crippen molar-refractivity contribution in [1.29, 1.82) is 0 Å². The minimum Gasteiger partial charge on any atom is -0.497 e. The Morgan fingerprint density at radius 3 is 1.72 bits per heavy atom. The van der Waals surface area contributed by atoms with Gasteiger partial charge in [-0.2, -0.15) is 0 Å². The number of carbonyl (C=O) groups is 2. The van der Waals surface area contributed by atoms with Crippen LogP contribution in [-0.2, 0) is 14.3 Å². The van der Waals surface area contributed by atoms with Crippen LogP contribution in [0.15, 0.2) is 48.5 Å². The number of aliphatic hydroxyl groups excluding tert-OH is 1. The lowest BCUT2D eigenvalue weighted by atomic mass is 9.79. The van der Waals surface area contributed by atoms with Gasteiger partial charge in [-0.1, -0.05) is 24.3 Å². The second-order valence-electron chi connectivity index (χ2n) is 8.94. The molecule has 32 heavy (non-hydrogen) atoms. The Morgan fingerprint density at radius 1 is 0.938 bits per heavy atom. The molecule has 1 amide bonds. The second kappa shape index (κ2) is 9.20. The van der Waals surface area contributed by atoms with Gasteiger partial charge in [0.05, 0.1) is 32.3 Å². The first-order valence-corrected chi connectivity index (χ1v) is 10.6. The molecule has 0 bridgehead atoms. The van der Waals surface area contributed by atoms with E-state index in [9.17, 15) is 14.7 Å². The molecule has 1 N–H and O–H groups in total. The summed E-state index contributed by atoms with van der Waals surface area (Å²) in [5.74, 6) is -0.322. The molecule has 0 saturated carbocycles. The fourth-order valence-corrected chi connectivity index (χ4v) is 4.00. The largest absolute Gasteiger partial charge is 0.497 e. The third-order valence-electron chi connectivity index (χ3n) is 5.49. The summed E-state index contributed by atoms with van der Waals surface area (Å²) < 4.78 is 16.1. The monoisotopic (exact) mass is 441 g/mol. The van der Waals surface area contributed by atoms with Crippen LogP contribution in [0, 0.1) is 5.92 Å². The molecule has 0 aromatic heterocycles. The molecule has 1 aliphatic heterocycles. The highest BCUT2D eigenvalue weighted by Crippen LogP contribution is 2.42. The first-order chi connectivity index (χ1) is 15.1. The summed E-state index contributed by atoms with van der Waals surface area (Å²) in [6, 6.07) is 13.2. The number of amides is 1. The zero-order valence-electron chi connectivity index (χ0n) is 19.4. The molecule has 2 aromatic carbocycles. The minimum atomic E-state index is -0.983. The van der Waals surface area contributed by atoms with E-state index in [0.717, 1.165) is 11.1 Å². The maximum atomic E-state index is 13.2. The van der Waals surface area contributed by atoms with Gasteiger partial charge in [0.25, 0.3) is 0 Å². The average molecular weight is 442 g/mol. The molecule has 1 fully saturated rings. The summed E-state index contributed by atoms with van der Waals surface area (Å²) in [5, 5.41) is 10.2. The van der Waals surface area contributed by atoms with E-state index in [2.05, 4.69) is 0 Å². The van der Waals surface area contributed by atoms with Crippen LogP contribution in [0.2, 0.25) is 0 Å². The Labute approximate surface area is 188 Å². The van der Waals surface area contributed by atoms with Crippen molar-refractivity contribution in [2.75, 3.05) is 14.2 Å². The minimum absolute atomic E-state index is 0.299. The van der Waals surface area contributed by atoms with Crippen molar-refractivity contribution < 1.29 is 28.9 Å². The van der Waals surface area contributed by atoms with Crippen molar-refractivity contribution in [3.63, 3.8) is 0 Å². The highest BCUT2D eigenvalue weighted by molar-refractivity contribution is 5.98. The number of hydrogen-bond donors (Lipinski definition) is 1. The van der Waals surface area contributed by atoms with E-state index >= 15 is 0 Å². The van der Waals surface area contributed by atoms with Crippen LogP contribution in [0.5, 0.6) is 11.5 Å². The first-order valence-electron chi connectivity index (χ1n) is 10.6. The number of esters is 1. The third-order valence-corrected chi connectivity index (χ3v) is 5.49. The Kier molecular flexibility index (Phi) is 6.79. The van der Waals surface area contributed by atoms with E-state index in [-0.39, 0.29) is 5.91 Å². The lowest BCUT2D eigenvalue weighted by Gasteiger charge is -2.51. The Hall–Kier alpha value is -3.06. The molecule has 1 unspecified atom stereocenters. The number of benzene rings is 2. The zero-order valence-corrected chi connectivity index (χ0v) is 19.4. The predicted octanol–water partition coefficient (Wildman–Crippen LogP) is 3.34. The van der Waals surface area contributed by atoms with Crippen LogP contribution in [0.3, 0.4) is 0 Å². The van der Waals surface area contributed by atoms with Crippen molar-refractivity contribution in [3.8, 4) is 11.5 Å². The van der Waals surface area contributed by atoms with Crippen molar-refractivity contribution in [1.82, 2.24) is 4.90 Å². The Morgan fingerprint density at radius 2 is 1.38 bits per heavy atom. The molecule has 7 nitrogen and oxygen atoms in total. The maximum absolute atomic E-state index is 13.2. The van der Waals surface area contributed by atoms with E-state index in [1.807, 2.05) is 48.5 Å². The van der Waals surface area contributed by atoms with Crippen LogP contribution >= 0.6 is 0 Å². The lowest BCUT2D eigenvalue weighted by Crippen LogP contribution is -2.68. The third kappa shape index (κ3) is 4.72. The number of rotatable bonds is 7. The number of ether oxygens (including phenoxy) is 3. The molecule has 3 rings (SSSR count). The van der Waals surface area contributed by atoms with Crippen molar-refractivity contribution in [2.24, 2.45) is 5.92 Å². The van der Waals surface area contributed by atoms with Crippen LogP contribution in [0.4, 0.5) is 0 Å². The van der Waals surface area contributed by atoms with E-state index in [1.54, 1.807) is 35.0 Å². The summed E-state index contributed by atoms with van der Waals surface area (Å²) in [5.41, 5.74) is 0.893. The Balaban J connectivity index is 2.07. The van der Waals surface area contributed by atoms with E-state index in [1.165, 1.54) is 11.8 Å². The molecule has 0 spiro atoms. The fourth-order valence-electron chi connectivity index (χ4n) is 4.00. The van der Waals surface area contributed by atoms with E-state index in [0.29, 0.717) is 11.5 Å². The molecule has 0 aliphatic carbocycles. The smallest absolute Gasteiger partial charge is 0.330 e. The van der Waals surface area contributed by atoms with Gasteiger partial charge in [-0.05, 0) is 63.1 Å². The topological polar surface area (TPSA) is 85.3 Å². The van der Waals surface area contributed by atoms with Gasteiger partial charge in [-0.3, -0.25) is 4.79 Å². The van der Waals surface area contributed by atoms with Crippen molar-refractivity contribution in [3.05, 3.63) is 59.7 Å². The quantitative estimate of drug-likeness (QED) is 0.524. The van der Waals surface area contributed by atoms with Gasteiger partial charge in [0.15, 0.2) is 0 Å². The van der Waals surface area contributed by atoms with Gasteiger partial charge in [0, 0.05) is 0 Å². The van der Waals surface area contributed by atoms with E-state index in [4.69, 9.17) is 14.2 Å². The summed E-state index contributed by atoms with van der Waals surface area (Å²) in [7, 11) is 3.17. The van der Waals surface area contributed by atoms with Crippen LogP contribution < -0.4 is 9.47 Å². The molecule has 3 atom stereocenters. The number of likely N-dealkylation sites (tertiary alicyclic amines) is 1.